The molecule has 0 aliphatic heterocycles. The van der Waals surface area contributed by atoms with Crippen molar-refractivity contribution in [1.29, 1.82) is 0 Å². The van der Waals surface area contributed by atoms with Crippen molar-refractivity contribution in [3.05, 3.63) is 29.3 Å². The van der Waals surface area contributed by atoms with Gasteiger partial charge in [0.1, 0.15) is 0 Å². The van der Waals surface area contributed by atoms with Crippen LogP contribution < -0.4 is 10.2 Å². The molecule has 0 atom stereocenters. The van der Waals surface area contributed by atoms with Crippen LogP contribution in [0, 0.1) is 12.8 Å². The number of nitrogens with zero attached hydrogens (tertiary/aromatic N) is 1. The van der Waals surface area contributed by atoms with E-state index in [0.29, 0.717) is 0 Å². The number of hydrogen-bond donors (Lipinski definition) is 1. The lowest BCUT2D eigenvalue weighted by Gasteiger charge is -2.22. The molecule has 2 fully saturated rings. The molecule has 0 bridgehead atoms. The number of ether oxygens (including phenoxy) is 1. The van der Waals surface area contributed by atoms with Crippen LogP contribution in [0.15, 0.2) is 18.2 Å². The number of benzene rings is 1. The second-order valence-electron chi connectivity index (χ2n) is 6.72. The number of hydrogen-bond acceptors (Lipinski definition) is 3. The van der Waals surface area contributed by atoms with Crippen molar-refractivity contribution in [2.24, 2.45) is 5.92 Å². The Bertz CT molecular complexity index is 466. The largest absolute Gasteiger partial charge is 0.379 e. The highest BCUT2D eigenvalue weighted by atomic mass is 16.5. The molecule has 0 heterocycles. The molecule has 2 aliphatic carbocycles. The van der Waals surface area contributed by atoms with Gasteiger partial charge in [0.25, 0.3) is 0 Å². The molecule has 2 aliphatic rings. The monoisotopic (exact) mass is 288 g/mol. The molecule has 1 aromatic carbocycles. The van der Waals surface area contributed by atoms with E-state index in [1.54, 1.807) is 0 Å². The van der Waals surface area contributed by atoms with Gasteiger partial charge in [0.15, 0.2) is 0 Å². The van der Waals surface area contributed by atoms with E-state index in [0.717, 1.165) is 38.3 Å². The Labute approximate surface area is 128 Å². The van der Waals surface area contributed by atoms with Crippen LogP contribution in [-0.4, -0.2) is 32.8 Å². The smallest absolute Gasteiger partial charge is 0.0641 e. The quantitative estimate of drug-likeness (QED) is 0.707. The van der Waals surface area contributed by atoms with E-state index in [4.69, 9.17) is 4.74 Å². The first-order valence-corrected chi connectivity index (χ1v) is 8.34. The molecule has 116 valence electrons. The van der Waals surface area contributed by atoms with Crippen molar-refractivity contribution in [2.75, 3.05) is 31.7 Å². The average Bonchev–Trinajstić information content (AvgIpc) is 3.36. The Hall–Kier alpha value is -1.06. The van der Waals surface area contributed by atoms with Crippen molar-refractivity contribution >= 4 is 5.69 Å². The molecular weight excluding hydrogens is 260 g/mol. The maximum absolute atomic E-state index is 5.73. The van der Waals surface area contributed by atoms with Crippen molar-refractivity contribution in [1.82, 2.24) is 5.32 Å². The molecule has 0 radical (unpaired) electrons. The zero-order valence-electron chi connectivity index (χ0n) is 13.4. The lowest BCUT2D eigenvalue weighted by molar-refractivity contribution is 0.131. The van der Waals surface area contributed by atoms with Gasteiger partial charge in [0, 0.05) is 38.5 Å². The van der Waals surface area contributed by atoms with Gasteiger partial charge in [-0.2, -0.15) is 0 Å². The minimum atomic E-state index is 0.774. The number of aryl methyl sites for hydroxylation is 1. The molecule has 3 heteroatoms. The summed E-state index contributed by atoms with van der Waals surface area (Å²) in [5.41, 5.74) is 4.07. The lowest BCUT2D eigenvalue weighted by Crippen LogP contribution is -2.24. The third-order valence-electron chi connectivity index (χ3n) is 4.47. The molecule has 0 aromatic heterocycles. The fourth-order valence-electron chi connectivity index (χ4n) is 2.66. The van der Waals surface area contributed by atoms with E-state index >= 15 is 0 Å². The lowest BCUT2D eigenvalue weighted by atomic mass is 10.1. The van der Waals surface area contributed by atoms with Crippen LogP contribution in [0.4, 0.5) is 5.69 Å². The van der Waals surface area contributed by atoms with Crippen LogP contribution in [0.25, 0.3) is 0 Å². The average molecular weight is 288 g/mol. The highest BCUT2D eigenvalue weighted by Crippen LogP contribution is 2.28. The first-order valence-electron chi connectivity index (χ1n) is 8.34. The Morgan fingerprint density at radius 3 is 2.71 bits per heavy atom. The zero-order chi connectivity index (χ0) is 14.7. The third kappa shape index (κ3) is 4.72. The molecule has 0 amide bonds. The summed E-state index contributed by atoms with van der Waals surface area (Å²) in [6.45, 7) is 5.96. The Balaban J connectivity index is 1.45. The van der Waals surface area contributed by atoms with Gasteiger partial charge < -0.3 is 15.0 Å². The summed E-state index contributed by atoms with van der Waals surface area (Å²) < 4.78 is 5.73. The molecule has 1 N–H and O–H groups in total. The third-order valence-corrected chi connectivity index (χ3v) is 4.47. The number of nitrogens with one attached hydrogen (secondary N) is 1. The molecule has 2 saturated carbocycles. The molecule has 0 unspecified atom stereocenters. The summed E-state index contributed by atoms with van der Waals surface area (Å²) in [6.07, 6.45) is 5.43. The number of likely N-dealkylation sites (N-methyl/N-ethyl adjacent to an activating group) is 1. The van der Waals surface area contributed by atoms with Gasteiger partial charge in [-0.25, -0.2) is 0 Å². The maximum Gasteiger partial charge on any atom is 0.0641 e. The van der Waals surface area contributed by atoms with E-state index in [1.165, 1.54) is 42.5 Å². The zero-order valence-corrected chi connectivity index (χ0v) is 13.4. The second-order valence-corrected chi connectivity index (χ2v) is 6.72. The molecule has 21 heavy (non-hydrogen) atoms. The summed E-state index contributed by atoms with van der Waals surface area (Å²) in [7, 11) is 2.16. The van der Waals surface area contributed by atoms with Crippen molar-refractivity contribution in [2.45, 2.75) is 45.2 Å². The highest BCUT2D eigenvalue weighted by Gasteiger charge is 2.21. The van der Waals surface area contributed by atoms with Gasteiger partial charge >= 0.3 is 0 Å². The molecule has 1 aromatic rings. The number of anilines is 1. The topological polar surface area (TPSA) is 24.5 Å². The molecule has 3 rings (SSSR count). The first kappa shape index (κ1) is 14.9. The predicted octanol–water partition coefficient (Wildman–Crippen LogP) is 3.11. The van der Waals surface area contributed by atoms with E-state index in [2.05, 4.69) is 42.4 Å². The van der Waals surface area contributed by atoms with Gasteiger partial charge in [-0.15, -0.1) is 0 Å². The van der Waals surface area contributed by atoms with E-state index in [-0.39, 0.29) is 0 Å². The summed E-state index contributed by atoms with van der Waals surface area (Å²) in [5.74, 6) is 0.857. The standard InChI is InChI=1S/C18H28N2O/c1-14-11-16(12-19-17-6-7-17)5-8-18(14)20(2)9-10-21-13-15-3-4-15/h5,8,11,15,17,19H,3-4,6-7,9-10,12-13H2,1-2H3. The Kier molecular flexibility index (Phi) is 4.81. The normalized spacial score (nSPS) is 18.0. The van der Waals surface area contributed by atoms with Crippen LogP contribution in [0.5, 0.6) is 0 Å². The van der Waals surface area contributed by atoms with Crippen LogP contribution in [0.2, 0.25) is 0 Å². The summed E-state index contributed by atoms with van der Waals surface area (Å²) in [5, 5.41) is 3.57. The van der Waals surface area contributed by atoms with E-state index < -0.39 is 0 Å². The van der Waals surface area contributed by atoms with Crippen LogP contribution in [-0.2, 0) is 11.3 Å². The highest BCUT2D eigenvalue weighted by molar-refractivity contribution is 5.53. The van der Waals surface area contributed by atoms with Crippen LogP contribution in [0.3, 0.4) is 0 Å². The summed E-state index contributed by atoms with van der Waals surface area (Å²) in [4.78, 5) is 2.31. The predicted molar refractivity (Wildman–Crippen MR) is 87.9 cm³/mol. The van der Waals surface area contributed by atoms with Crippen molar-refractivity contribution < 1.29 is 4.74 Å². The maximum atomic E-state index is 5.73. The van der Waals surface area contributed by atoms with Gasteiger partial charge in [-0.1, -0.05) is 12.1 Å². The summed E-state index contributed by atoms with van der Waals surface area (Å²) >= 11 is 0. The summed E-state index contributed by atoms with van der Waals surface area (Å²) in [6, 6.07) is 7.59. The SMILES string of the molecule is Cc1cc(CNC2CC2)ccc1N(C)CCOCC1CC1. The minimum absolute atomic E-state index is 0.774. The second kappa shape index (κ2) is 6.80. The Morgan fingerprint density at radius 1 is 1.24 bits per heavy atom. The van der Waals surface area contributed by atoms with Gasteiger partial charge in [-0.05, 0) is 55.7 Å². The van der Waals surface area contributed by atoms with Crippen LogP contribution in [0.1, 0.15) is 36.8 Å². The molecule has 0 spiro atoms. The minimum Gasteiger partial charge on any atom is -0.379 e. The van der Waals surface area contributed by atoms with Gasteiger partial charge in [0.2, 0.25) is 0 Å². The molecule has 0 saturated heterocycles. The Morgan fingerprint density at radius 2 is 2.05 bits per heavy atom. The van der Waals surface area contributed by atoms with Crippen LogP contribution >= 0.6 is 0 Å². The van der Waals surface area contributed by atoms with Gasteiger partial charge in [0.05, 0.1) is 6.61 Å². The molecule has 3 nitrogen and oxygen atoms in total. The fraction of sp³-hybridized carbons (Fsp3) is 0.667. The van der Waals surface area contributed by atoms with E-state index in [1.807, 2.05) is 0 Å². The first-order chi connectivity index (χ1) is 10.2. The van der Waals surface area contributed by atoms with Crippen molar-refractivity contribution in [3.8, 4) is 0 Å². The number of rotatable bonds is 9. The van der Waals surface area contributed by atoms with E-state index in [9.17, 15) is 0 Å². The van der Waals surface area contributed by atoms with Crippen molar-refractivity contribution in [3.63, 3.8) is 0 Å². The molecular formula is C18H28N2O. The fourth-order valence-corrected chi connectivity index (χ4v) is 2.66. The van der Waals surface area contributed by atoms with Gasteiger partial charge in [-0.3, -0.25) is 0 Å².